The summed E-state index contributed by atoms with van der Waals surface area (Å²) in [4.78, 5) is 20.1. The van der Waals surface area contributed by atoms with Gasteiger partial charge in [-0.05, 0) is 56.5 Å². The summed E-state index contributed by atoms with van der Waals surface area (Å²) in [6.45, 7) is 7.18. The van der Waals surface area contributed by atoms with Crippen molar-refractivity contribution in [2.24, 2.45) is 10.7 Å². The zero-order valence-corrected chi connectivity index (χ0v) is 21.5. The molecule has 0 fully saturated rings. The van der Waals surface area contributed by atoms with Gasteiger partial charge < -0.3 is 25.7 Å². The third-order valence-corrected chi connectivity index (χ3v) is 5.01. The first kappa shape index (κ1) is 26.4. The van der Waals surface area contributed by atoms with Gasteiger partial charge >= 0.3 is 0 Å². The second-order valence-corrected chi connectivity index (χ2v) is 7.49. The molecule has 4 N–H and O–H groups in total. The molecule has 3 aromatic rings. The first-order valence-corrected chi connectivity index (χ1v) is 11.0. The molecule has 1 amide bonds. The molecule has 0 aliphatic heterocycles. The van der Waals surface area contributed by atoms with Gasteiger partial charge in [0.1, 0.15) is 11.6 Å². The molecule has 0 saturated heterocycles. The van der Waals surface area contributed by atoms with Crippen molar-refractivity contribution in [3.63, 3.8) is 0 Å². The van der Waals surface area contributed by atoms with Crippen molar-refractivity contribution in [1.29, 1.82) is 0 Å². The highest BCUT2D eigenvalue weighted by atomic mass is 127. The molecule has 0 spiro atoms. The van der Waals surface area contributed by atoms with Crippen molar-refractivity contribution >= 4 is 46.9 Å². The van der Waals surface area contributed by atoms with E-state index < -0.39 is 5.91 Å². The molecule has 9 heteroatoms. The first-order chi connectivity index (χ1) is 15.6. The van der Waals surface area contributed by atoms with Gasteiger partial charge in [0.2, 0.25) is 0 Å². The third kappa shape index (κ3) is 8.23. The number of nitrogens with two attached hydrogens (primary N) is 1. The molecule has 178 valence electrons. The van der Waals surface area contributed by atoms with E-state index in [1.807, 2.05) is 49.4 Å². The van der Waals surface area contributed by atoms with Gasteiger partial charge in [0.25, 0.3) is 5.91 Å². The van der Waals surface area contributed by atoms with E-state index >= 15 is 0 Å². The number of primary amides is 1. The Kier molecular flexibility index (Phi) is 10.9. The molecule has 1 aromatic heterocycles. The predicted molar refractivity (Wildman–Crippen MR) is 143 cm³/mol. The number of para-hydroxylation sites is 2. The van der Waals surface area contributed by atoms with Crippen LogP contribution in [0.25, 0.3) is 11.0 Å². The summed E-state index contributed by atoms with van der Waals surface area (Å²) in [5.41, 5.74) is 8.47. The average molecular weight is 564 g/mol. The lowest BCUT2D eigenvalue weighted by molar-refractivity contribution is -0.119. The van der Waals surface area contributed by atoms with Gasteiger partial charge in [-0.3, -0.25) is 9.79 Å². The first-order valence-electron chi connectivity index (χ1n) is 11.0. The molecule has 0 radical (unpaired) electrons. The van der Waals surface area contributed by atoms with Gasteiger partial charge in [0, 0.05) is 26.2 Å². The Morgan fingerprint density at radius 2 is 1.91 bits per heavy atom. The van der Waals surface area contributed by atoms with Crippen LogP contribution in [0.1, 0.15) is 24.7 Å². The quantitative estimate of drug-likeness (QED) is 0.144. The fourth-order valence-corrected chi connectivity index (χ4v) is 3.47. The standard InChI is InChI=1S/C24H32N6O2.HI/c1-3-26-24(28-15-13-19-9-11-20(12-10-19)32-17-23(25)31)27-14-6-16-30-18(2)29-21-7-4-5-8-22(21)30;/h4-5,7-12H,3,6,13-17H2,1-2H3,(H2,25,31)(H2,26,27,28);1H. The minimum absolute atomic E-state index is 0. The minimum Gasteiger partial charge on any atom is -0.484 e. The van der Waals surface area contributed by atoms with Crippen LogP contribution in [0, 0.1) is 6.92 Å². The lowest BCUT2D eigenvalue weighted by atomic mass is 10.1. The van der Waals surface area contributed by atoms with Crippen LogP contribution < -0.4 is 21.1 Å². The Morgan fingerprint density at radius 1 is 1.15 bits per heavy atom. The molecule has 0 unspecified atom stereocenters. The minimum atomic E-state index is -0.484. The highest BCUT2D eigenvalue weighted by molar-refractivity contribution is 14.0. The highest BCUT2D eigenvalue weighted by Crippen LogP contribution is 2.16. The molecule has 8 nitrogen and oxygen atoms in total. The molecule has 33 heavy (non-hydrogen) atoms. The Bertz CT molecular complexity index is 1050. The van der Waals surface area contributed by atoms with Crippen LogP contribution in [0.15, 0.2) is 53.5 Å². The predicted octanol–water partition coefficient (Wildman–Crippen LogP) is 3.01. The summed E-state index contributed by atoms with van der Waals surface area (Å²) in [5, 5.41) is 6.68. The number of aromatic nitrogens is 2. The van der Waals surface area contributed by atoms with Gasteiger partial charge in [-0.1, -0.05) is 24.3 Å². The van der Waals surface area contributed by atoms with Gasteiger partial charge in [-0.15, -0.1) is 24.0 Å². The number of aliphatic imine (C=N–C) groups is 1. The van der Waals surface area contributed by atoms with E-state index in [2.05, 4.69) is 33.2 Å². The number of imidazole rings is 1. The zero-order valence-electron chi connectivity index (χ0n) is 19.2. The molecule has 0 aliphatic carbocycles. The number of rotatable bonds is 11. The topological polar surface area (TPSA) is 107 Å². The van der Waals surface area contributed by atoms with Crippen LogP contribution in [0.2, 0.25) is 0 Å². The number of benzene rings is 2. The fraction of sp³-hybridized carbons (Fsp3) is 0.375. The number of fused-ring (bicyclic) bond motifs is 1. The second-order valence-electron chi connectivity index (χ2n) is 7.49. The number of nitrogens with zero attached hydrogens (tertiary/aromatic N) is 3. The number of aryl methyl sites for hydroxylation is 2. The third-order valence-electron chi connectivity index (χ3n) is 5.01. The Balaban J connectivity index is 0.00000385. The number of carbonyl (C=O) groups is 1. The molecule has 0 aliphatic rings. The Hall–Kier alpha value is -2.82. The van der Waals surface area contributed by atoms with Crippen molar-refractivity contribution < 1.29 is 9.53 Å². The summed E-state index contributed by atoms with van der Waals surface area (Å²) < 4.78 is 7.54. The number of amides is 1. The van der Waals surface area contributed by atoms with Crippen LogP contribution in [-0.4, -0.2) is 47.7 Å². The highest BCUT2D eigenvalue weighted by Gasteiger charge is 2.06. The van der Waals surface area contributed by atoms with Gasteiger partial charge in [0.15, 0.2) is 12.6 Å². The van der Waals surface area contributed by atoms with Crippen LogP contribution >= 0.6 is 24.0 Å². The number of hydrogen-bond donors (Lipinski definition) is 3. The molecular weight excluding hydrogens is 531 g/mol. The lowest BCUT2D eigenvalue weighted by Crippen LogP contribution is -2.38. The fourth-order valence-electron chi connectivity index (χ4n) is 3.47. The number of guanidine groups is 1. The summed E-state index contributed by atoms with van der Waals surface area (Å²) in [5.74, 6) is 2.01. The Labute approximate surface area is 212 Å². The van der Waals surface area contributed by atoms with Gasteiger partial charge in [-0.2, -0.15) is 0 Å². The number of halogens is 1. The van der Waals surface area contributed by atoms with E-state index in [1.54, 1.807) is 0 Å². The zero-order chi connectivity index (χ0) is 22.8. The molecular formula is C24H33IN6O2. The van der Waals surface area contributed by atoms with Crippen LogP contribution in [0.5, 0.6) is 5.75 Å². The maximum absolute atomic E-state index is 10.8. The van der Waals surface area contributed by atoms with Crippen molar-refractivity contribution in [1.82, 2.24) is 20.2 Å². The molecule has 1 heterocycles. The summed E-state index contributed by atoms with van der Waals surface area (Å²) in [6.07, 6.45) is 1.78. The molecule has 2 aromatic carbocycles. The largest absolute Gasteiger partial charge is 0.484 e. The summed E-state index contributed by atoms with van der Waals surface area (Å²) in [6, 6.07) is 15.9. The van der Waals surface area contributed by atoms with Crippen LogP contribution in [0.4, 0.5) is 0 Å². The van der Waals surface area contributed by atoms with E-state index in [1.165, 1.54) is 11.1 Å². The molecule has 0 saturated carbocycles. The van der Waals surface area contributed by atoms with E-state index in [0.29, 0.717) is 5.75 Å². The van der Waals surface area contributed by atoms with Gasteiger partial charge in [0.05, 0.1) is 11.0 Å². The van der Waals surface area contributed by atoms with Crippen molar-refractivity contribution in [2.45, 2.75) is 33.2 Å². The number of ether oxygens (including phenoxy) is 1. The summed E-state index contributed by atoms with van der Waals surface area (Å²) in [7, 11) is 0. The maximum Gasteiger partial charge on any atom is 0.255 e. The average Bonchev–Trinajstić information content (AvgIpc) is 3.11. The SMILES string of the molecule is CCNC(=NCCCn1c(C)nc2ccccc21)NCCc1ccc(OCC(N)=O)cc1.I. The number of carbonyl (C=O) groups excluding carboxylic acids is 1. The van der Waals surface area contributed by atoms with E-state index in [9.17, 15) is 4.79 Å². The van der Waals surface area contributed by atoms with Crippen molar-refractivity contribution in [3.05, 3.63) is 59.9 Å². The maximum atomic E-state index is 10.8. The normalized spacial score (nSPS) is 11.2. The van der Waals surface area contributed by atoms with Gasteiger partial charge in [-0.25, -0.2) is 4.98 Å². The number of nitrogens with one attached hydrogen (secondary N) is 2. The molecule has 3 rings (SSSR count). The van der Waals surface area contributed by atoms with Crippen LogP contribution in [0.3, 0.4) is 0 Å². The molecule has 0 bridgehead atoms. The monoisotopic (exact) mass is 564 g/mol. The van der Waals surface area contributed by atoms with E-state index in [0.717, 1.165) is 56.3 Å². The smallest absolute Gasteiger partial charge is 0.255 e. The Morgan fingerprint density at radius 3 is 2.64 bits per heavy atom. The van der Waals surface area contributed by atoms with Crippen molar-refractivity contribution in [2.75, 3.05) is 26.2 Å². The molecule has 0 atom stereocenters. The number of hydrogen-bond acceptors (Lipinski definition) is 4. The van der Waals surface area contributed by atoms with E-state index in [-0.39, 0.29) is 30.6 Å². The van der Waals surface area contributed by atoms with Crippen LogP contribution in [-0.2, 0) is 17.8 Å². The van der Waals surface area contributed by atoms with E-state index in [4.69, 9.17) is 15.5 Å². The summed E-state index contributed by atoms with van der Waals surface area (Å²) >= 11 is 0. The van der Waals surface area contributed by atoms with Crippen molar-refractivity contribution in [3.8, 4) is 5.75 Å². The lowest BCUT2D eigenvalue weighted by Gasteiger charge is -2.12. The second kappa shape index (κ2) is 13.7.